The Morgan fingerprint density at radius 2 is 1.87 bits per heavy atom. The van der Waals surface area contributed by atoms with E-state index < -0.39 is 37.3 Å². The van der Waals surface area contributed by atoms with Gasteiger partial charge in [0.25, 0.3) is 0 Å². The van der Waals surface area contributed by atoms with E-state index in [1.165, 1.54) is 0 Å². The van der Waals surface area contributed by atoms with Gasteiger partial charge in [0.1, 0.15) is 24.4 Å². The smallest absolute Gasteiger partial charge is 0.186 e. The van der Waals surface area contributed by atoms with Crippen molar-refractivity contribution in [2.24, 2.45) is 0 Å². The van der Waals surface area contributed by atoms with E-state index in [9.17, 15) is 15.3 Å². The summed E-state index contributed by atoms with van der Waals surface area (Å²) in [6.45, 7) is -0.206. The third-order valence-corrected chi connectivity index (χ3v) is 4.09. The molecule has 0 amide bonds. The van der Waals surface area contributed by atoms with Crippen LogP contribution in [0.15, 0.2) is 30.3 Å². The van der Waals surface area contributed by atoms with E-state index in [1.54, 1.807) is 0 Å². The average Bonchev–Trinajstić information content (AvgIpc) is 2.97. The van der Waals surface area contributed by atoms with Crippen LogP contribution in [0.25, 0.3) is 10.9 Å². The molecule has 0 bridgehead atoms. The monoisotopic (exact) mass is 323 g/mol. The molecule has 3 rings (SSSR count). The zero-order chi connectivity index (χ0) is 16.4. The molecule has 1 aromatic heterocycles. The Balaban J connectivity index is 1.57. The quantitative estimate of drug-likeness (QED) is 0.508. The van der Waals surface area contributed by atoms with Crippen LogP contribution in [0, 0.1) is 0 Å². The third kappa shape index (κ3) is 3.40. The molecule has 1 saturated heterocycles. The van der Waals surface area contributed by atoms with Crippen molar-refractivity contribution in [3.8, 4) is 0 Å². The first-order valence-electron chi connectivity index (χ1n) is 7.59. The van der Waals surface area contributed by atoms with Gasteiger partial charge >= 0.3 is 0 Å². The van der Waals surface area contributed by atoms with E-state index in [4.69, 9.17) is 14.6 Å². The Morgan fingerprint density at radius 3 is 2.61 bits per heavy atom. The number of rotatable bonds is 5. The Bertz CT molecular complexity index is 609. The second-order valence-electron chi connectivity index (χ2n) is 5.70. The van der Waals surface area contributed by atoms with Crippen molar-refractivity contribution < 1.29 is 29.9 Å². The number of aliphatic hydroxyl groups excluding tert-OH is 4. The average molecular weight is 323 g/mol. The number of aromatic nitrogens is 1. The largest absolute Gasteiger partial charge is 0.394 e. The van der Waals surface area contributed by atoms with E-state index in [-0.39, 0.29) is 6.61 Å². The lowest BCUT2D eigenvalue weighted by Gasteiger charge is -2.39. The standard InChI is InChI=1S/C16H21NO6/c18-8-12-13(19)14(20)15(21)16(23-12)22-6-5-10-7-9-3-1-2-4-11(9)17-10/h1-4,7,12-21H,5-6,8H2/t12-,13-,14+,15-,16-/m1/s1. The number of aromatic amines is 1. The predicted octanol–water partition coefficient (Wildman–Crippen LogP) is -0.473. The van der Waals surface area contributed by atoms with E-state index in [0.717, 1.165) is 16.6 Å². The number of nitrogens with one attached hydrogen (secondary N) is 1. The molecule has 2 aromatic rings. The van der Waals surface area contributed by atoms with Gasteiger partial charge in [-0.15, -0.1) is 0 Å². The molecule has 23 heavy (non-hydrogen) atoms. The van der Waals surface area contributed by atoms with Gasteiger partial charge in [-0.05, 0) is 17.5 Å². The van der Waals surface area contributed by atoms with Gasteiger partial charge in [0.15, 0.2) is 6.29 Å². The Kier molecular flexibility index (Phi) is 4.96. The lowest BCUT2D eigenvalue weighted by molar-refractivity contribution is -0.300. The van der Waals surface area contributed by atoms with Gasteiger partial charge in [0.2, 0.25) is 0 Å². The van der Waals surface area contributed by atoms with Crippen molar-refractivity contribution in [1.82, 2.24) is 4.98 Å². The first-order valence-corrected chi connectivity index (χ1v) is 7.59. The van der Waals surface area contributed by atoms with Gasteiger partial charge in [-0.2, -0.15) is 0 Å². The molecule has 1 aliphatic heterocycles. The number of benzene rings is 1. The van der Waals surface area contributed by atoms with Crippen molar-refractivity contribution in [2.45, 2.75) is 37.1 Å². The summed E-state index contributed by atoms with van der Waals surface area (Å²) in [6.07, 6.45) is -5.62. The van der Waals surface area contributed by atoms with E-state index in [2.05, 4.69) is 4.98 Å². The Hall–Kier alpha value is -1.48. The fourth-order valence-electron chi connectivity index (χ4n) is 2.76. The van der Waals surface area contributed by atoms with Gasteiger partial charge < -0.3 is 34.9 Å². The van der Waals surface area contributed by atoms with E-state index in [1.807, 2.05) is 30.3 Å². The molecule has 1 aromatic carbocycles. The SMILES string of the molecule is OC[C@H]1O[C@@H](OCCc2cc3ccccc3[nH]2)[C@H](O)[C@@H](O)[C@@H]1O. The van der Waals surface area contributed by atoms with Gasteiger partial charge in [0, 0.05) is 17.6 Å². The van der Waals surface area contributed by atoms with E-state index in [0.29, 0.717) is 6.42 Å². The van der Waals surface area contributed by atoms with Crippen LogP contribution < -0.4 is 0 Å². The molecule has 0 radical (unpaired) electrons. The molecule has 2 heterocycles. The van der Waals surface area contributed by atoms with Gasteiger partial charge in [-0.3, -0.25) is 0 Å². The molecule has 1 fully saturated rings. The van der Waals surface area contributed by atoms with Crippen LogP contribution >= 0.6 is 0 Å². The number of ether oxygens (including phenoxy) is 2. The van der Waals surface area contributed by atoms with Crippen LogP contribution in [-0.4, -0.2) is 69.3 Å². The predicted molar refractivity (Wildman–Crippen MR) is 81.7 cm³/mol. The summed E-state index contributed by atoms with van der Waals surface area (Å²) in [6, 6.07) is 9.93. The summed E-state index contributed by atoms with van der Waals surface area (Å²) in [5.41, 5.74) is 2.02. The fraction of sp³-hybridized carbons (Fsp3) is 0.500. The van der Waals surface area contributed by atoms with Crippen LogP contribution in [-0.2, 0) is 15.9 Å². The summed E-state index contributed by atoms with van der Waals surface area (Å²) in [4.78, 5) is 3.27. The molecule has 7 nitrogen and oxygen atoms in total. The lowest BCUT2D eigenvalue weighted by atomic mass is 9.99. The van der Waals surface area contributed by atoms with Crippen LogP contribution in [0.2, 0.25) is 0 Å². The maximum atomic E-state index is 9.88. The van der Waals surface area contributed by atoms with Crippen LogP contribution in [0.1, 0.15) is 5.69 Å². The highest BCUT2D eigenvalue weighted by molar-refractivity contribution is 5.80. The van der Waals surface area contributed by atoms with Crippen LogP contribution in [0.3, 0.4) is 0 Å². The summed E-state index contributed by atoms with van der Waals surface area (Å²) in [5.74, 6) is 0. The van der Waals surface area contributed by atoms with Crippen molar-refractivity contribution in [1.29, 1.82) is 0 Å². The normalized spacial score (nSPS) is 31.6. The Morgan fingerprint density at radius 1 is 1.09 bits per heavy atom. The number of fused-ring (bicyclic) bond motifs is 1. The molecule has 0 spiro atoms. The number of para-hydroxylation sites is 1. The minimum Gasteiger partial charge on any atom is -0.394 e. The number of H-pyrrole nitrogens is 1. The zero-order valence-corrected chi connectivity index (χ0v) is 12.5. The van der Waals surface area contributed by atoms with Crippen molar-refractivity contribution >= 4 is 10.9 Å². The first kappa shape index (κ1) is 16.4. The van der Waals surface area contributed by atoms with Gasteiger partial charge in [0.05, 0.1) is 13.2 Å². The maximum Gasteiger partial charge on any atom is 0.186 e. The van der Waals surface area contributed by atoms with Gasteiger partial charge in [-0.1, -0.05) is 18.2 Å². The van der Waals surface area contributed by atoms with Crippen molar-refractivity contribution in [3.63, 3.8) is 0 Å². The number of aliphatic hydroxyl groups is 4. The number of hydrogen-bond donors (Lipinski definition) is 5. The second-order valence-corrected chi connectivity index (χ2v) is 5.70. The van der Waals surface area contributed by atoms with Crippen LogP contribution in [0.5, 0.6) is 0 Å². The zero-order valence-electron chi connectivity index (χ0n) is 12.5. The summed E-state index contributed by atoms with van der Waals surface area (Å²) >= 11 is 0. The molecule has 1 aliphatic rings. The highest BCUT2D eigenvalue weighted by Crippen LogP contribution is 2.22. The Labute approximate surface area is 133 Å². The summed E-state index contributed by atoms with van der Waals surface area (Å²) < 4.78 is 10.8. The molecule has 5 atom stereocenters. The van der Waals surface area contributed by atoms with Crippen LogP contribution in [0.4, 0.5) is 0 Å². The highest BCUT2D eigenvalue weighted by atomic mass is 16.7. The molecule has 0 unspecified atom stereocenters. The van der Waals surface area contributed by atoms with Crippen molar-refractivity contribution in [2.75, 3.05) is 13.2 Å². The molecule has 5 N–H and O–H groups in total. The topological polar surface area (TPSA) is 115 Å². The fourth-order valence-corrected chi connectivity index (χ4v) is 2.76. The summed E-state index contributed by atoms with van der Waals surface area (Å²) in [5, 5.41) is 39.5. The minimum absolute atomic E-state index is 0.259. The lowest BCUT2D eigenvalue weighted by Crippen LogP contribution is -2.59. The number of hydrogen-bond acceptors (Lipinski definition) is 6. The second kappa shape index (κ2) is 6.96. The molecule has 0 saturated carbocycles. The molecule has 126 valence electrons. The van der Waals surface area contributed by atoms with Crippen molar-refractivity contribution in [3.05, 3.63) is 36.0 Å². The molecule has 0 aliphatic carbocycles. The molecular weight excluding hydrogens is 302 g/mol. The molecule has 7 heteroatoms. The van der Waals surface area contributed by atoms with Gasteiger partial charge in [-0.25, -0.2) is 0 Å². The summed E-state index contributed by atoms with van der Waals surface area (Å²) in [7, 11) is 0. The minimum atomic E-state index is -1.42. The molecular formula is C16H21NO6. The first-order chi connectivity index (χ1) is 11.1. The maximum absolute atomic E-state index is 9.88. The highest BCUT2D eigenvalue weighted by Gasteiger charge is 2.43. The third-order valence-electron chi connectivity index (χ3n) is 4.09. The van der Waals surface area contributed by atoms with E-state index >= 15 is 0 Å².